The van der Waals surface area contributed by atoms with Crippen molar-refractivity contribution < 1.29 is 21.9 Å². The largest absolute Gasteiger partial charge is 0.478 e. The Labute approximate surface area is 344 Å². The van der Waals surface area contributed by atoms with E-state index >= 15 is 0 Å². The Balaban J connectivity index is 0.000000192. The minimum Gasteiger partial charge on any atom is -0.478 e. The average Bonchev–Trinajstić information content (AvgIpc) is 3.77. The number of fused-ring (bicyclic) bond motifs is 3. The lowest BCUT2D eigenvalue weighted by Crippen LogP contribution is -2.40. The number of hydrogen-bond acceptors (Lipinski definition) is 11. The lowest BCUT2D eigenvalue weighted by Gasteiger charge is -2.25. The predicted molar refractivity (Wildman–Crippen MR) is 228 cm³/mol. The van der Waals surface area contributed by atoms with Crippen molar-refractivity contribution in [3.8, 4) is 28.5 Å². The third-order valence-corrected chi connectivity index (χ3v) is 12.7. The van der Waals surface area contributed by atoms with Crippen LogP contribution in [0.5, 0.6) is 6.01 Å². The van der Waals surface area contributed by atoms with Crippen LogP contribution in [0.1, 0.15) is 52.7 Å². The van der Waals surface area contributed by atoms with Crippen LogP contribution in [0.2, 0.25) is 0 Å². The molecule has 308 valence electrons. The van der Waals surface area contributed by atoms with Crippen LogP contribution in [0.4, 0.5) is 11.6 Å². The van der Waals surface area contributed by atoms with E-state index < -0.39 is 31.1 Å². The molecule has 15 nitrogen and oxygen atoms in total. The average molecular weight is 837 g/mol. The van der Waals surface area contributed by atoms with Crippen molar-refractivity contribution >= 4 is 42.7 Å². The molecule has 0 atom stereocenters. The van der Waals surface area contributed by atoms with E-state index in [9.17, 15) is 21.9 Å². The molecule has 0 saturated heterocycles. The summed E-state index contributed by atoms with van der Waals surface area (Å²) in [7, 11) is -5.15. The van der Waals surface area contributed by atoms with Crippen molar-refractivity contribution in [3.05, 3.63) is 115 Å². The topological polar surface area (TPSA) is 188 Å². The molecule has 17 heteroatoms. The Morgan fingerprint density at radius 1 is 0.644 bits per heavy atom. The highest BCUT2D eigenvalue weighted by Crippen LogP contribution is 2.28. The number of sulfonamides is 2. The highest BCUT2D eigenvalue weighted by Gasteiger charge is 2.24. The van der Waals surface area contributed by atoms with Crippen LogP contribution in [0, 0.1) is 0 Å². The minimum absolute atomic E-state index is 0.170. The first-order valence-electron chi connectivity index (χ1n) is 19.0. The highest BCUT2D eigenvalue weighted by atomic mass is 32.2. The van der Waals surface area contributed by atoms with E-state index in [-0.39, 0.29) is 15.8 Å². The second-order valence-corrected chi connectivity index (χ2v) is 20.0. The molecule has 0 unspecified atom stereocenters. The maximum atomic E-state index is 12.9. The first kappa shape index (κ1) is 41.4. The number of nitrogens with zero attached hydrogens (tertiary/aromatic N) is 7. The summed E-state index contributed by atoms with van der Waals surface area (Å²) in [6.45, 7) is 12.8. The molecule has 3 aromatic carbocycles. The zero-order valence-electron chi connectivity index (χ0n) is 34.0. The lowest BCUT2D eigenvalue weighted by atomic mass is 9.99. The quantitative estimate of drug-likeness (QED) is 0.133. The molecule has 0 spiro atoms. The number of nitrogens with one attached hydrogen (secondary N) is 3. The summed E-state index contributed by atoms with van der Waals surface area (Å²) in [5.41, 5.74) is 6.89. The molecule has 0 radical (unpaired) electrons. The van der Waals surface area contributed by atoms with Gasteiger partial charge in [0.25, 0.3) is 0 Å². The molecule has 0 bridgehead atoms. The molecule has 1 aliphatic heterocycles. The maximum absolute atomic E-state index is 12.9. The van der Waals surface area contributed by atoms with Crippen molar-refractivity contribution in [1.82, 2.24) is 43.5 Å². The SMILES string of the molecule is CC(C)(C)NS(=O)(=O)c1cccc(-c2ccc3cnc(O)nn23)c1.CN1CCc2cc(Nc3ncc4ccc(-c5cccc(S(=O)(=O)NC(C)(C)C)c5)n4n3)ccc2C1. The Morgan fingerprint density at radius 3 is 1.75 bits per heavy atom. The zero-order valence-corrected chi connectivity index (χ0v) is 35.6. The Hall–Kier alpha value is -5.72. The fourth-order valence-electron chi connectivity index (χ4n) is 6.76. The number of hydrogen-bond donors (Lipinski definition) is 4. The summed E-state index contributed by atoms with van der Waals surface area (Å²) in [6, 6.07) is 27.0. The summed E-state index contributed by atoms with van der Waals surface area (Å²) in [5, 5.41) is 21.5. The molecular weight excluding hydrogens is 789 g/mol. The molecule has 0 fully saturated rings. The van der Waals surface area contributed by atoms with Crippen molar-refractivity contribution in [1.29, 1.82) is 0 Å². The molecule has 1 aliphatic rings. The van der Waals surface area contributed by atoms with Crippen molar-refractivity contribution in [2.24, 2.45) is 0 Å². The maximum Gasteiger partial charge on any atom is 0.331 e. The van der Waals surface area contributed by atoms with Gasteiger partial charge >= 0.3 is 6.01 Å². The first-order valence-corrected chi connectivity index (χ1v) is 21.9. The third kappa shape index (κ3) is 9.77. The fraction of sp³-hybridized carbons (Fsp3) is 0.286. The fourth-order valence-corrected chi connectivity index (χ4v) is 9.69. The Kier molecular flexibility index (Phi) is 11.1. The van der Waals surface area contributed by atoms with Gasteiger partial charge in [-0.15, -0.1) is 10.2 Å². The van der Waals surface area contributed by atoms with Gasteiger partial charge in [0, 0.05) is 41.0 Å². The van der Waals surface area contributed by atoms with Crippen molar-refractivity contribution in [2.45, 2.75) is 75.4 Å². The van der Waals surface area contributed by atoms with Gasteiger partial charge in [0.15, 0.2) is 0 Å². The van der Waals surface area contributed by atoms with Gasteiger partial charge in [0.05, 0.1) is 44.6 Å². The van der Waals surface area contributed by atoms with Gasteiger partial charge in [-0.05, 0) is 127 Å². The summed E-state index contributed by atoms with van der Waals surface area (Å²) >= 11 is 0. The van der Waals surface area contributed by atoms with Gasteiger partial charge in [-0.1, -0.05) is 30.3 Å². The van der Waals surface area contributed by atoms with Gasteiger partial charge in [-0.25, -0.2) is 45.3 Å². The Bertz CT molecular complexity index is 2900. The predicted octanol–water partition coefficient (Wildman–Crippen LogP) is 6.38. The standard InChI is InChI=1S/C26H30N6O2S.C16H18N4O3S/c1-26(2,3)30-35(33,34)23-7-5-6-19(15-23)24-11-10-22-16-27-25(29-32(22)24)28-21-9-8-20-17-31(4)13-12-18(20)14-21;1-16(2,3)19-24(22,23)13-6-4-5-11(9-13)14-8-7-12-10-17-15(21)18-20(12)14/h5-11,14-16,30H,12-13,17H2,1-4H3,(H,28,29);4-10,19H,1-3H3,(H,18,21). The first-order chi connectivity index (χ1) is 27.7. The number of aromatic nitrogens is 6. The van der Waals surface area contributed by atoms with Crippen LogP contribution in [0.25, 0.3) is 33.5 Å². The van der Waals surface area contributed by atoms with E-state index in [4.69, 9.17) is 5.10 Å². The molecule has 59 heavy (non-hydrogen) atoms. The number of benzene rings is 3. The molecule has 8 rings (SSSR count). The van der Waals surface area contributed by atoms with Crippen LogP contribution in [0.3, 0.4) is 0 Å². The van der Waals surface area contributed by atoms with Gasteiger partial charge in [-0.2, -0.15) is 0 Å². The molecule has 4 aromatic heterocycles. The number of anilines is 2. The van der Waals surface area contributed by atoms with E-state index in [0.717, 1.165) is 42.0 Å². The molecule has 0 aliphatic carbocycles. The van der Waals surface area contributed by atoms with Gasteiger partial charge in [0.1, 0.15) is 0 Å². The summed E-state index contributed by atoms with van der Waals surface area (Å²) in [5.74, 6) is 0.473. The summed E-state index contributed by atoms with van der Waals surface area (Å²) in [4.78, 5) is 10.9. The van der Waals surface area contributed by atoms with Gasteiger partial charge in [-0.3, -0.25) is 0 Å². The van der Waals surface area contributed by atoms with Gasteiger partial charge < -0.3 is 15.3 Å². The monoisotopic (exact) mass is 836 g/mol. The molecule has 0 amide bonds. The van der Waals surface area contributed by atoms with E-state index in [2.05, 4.69) is 60.0 Å². The summed E-state index contributed by atoms with van der Waals surface area (Å²) < 4.78 is 59.4. The number of aromatic hydroxyl groups is 1. The molecule has 0 saturated carbocycles. The van der Waals surface area contributed by atoms with Crippen LogP contribution in [-0.4, -0.2) is 80.7 Å². The van der Waals surface area contributed by atoms with E-state index in [0.29, 0.717) is 22.7 Å². The Morgan fingerprint density at radius 2 is 1.19 bits per heavy atom. The molecule has 5 heterocycles. The van der Waals surface area contributed by atoms with E-state index in [1.807, 2.05) is 39.0 Å². The zero-order chi connectivity index (χ0) is 42.3. The summed E-state index contributed by atoms with van der Waals surface area (Å²) in [6.07, 6.45) is 4.27. The third-order valence-electron chi connectivity index (χ3n) is 9.21. The van der Waals surface area contributed by atoms with Crippen LogP contribution >= 0.6 is 0 Å². The van der Waals surface area contributed by atoms with E-state index in [1.165, 1.54) is 21.8 Å². The number of likely N-dealkylation sites (N-methyl/N-ethyl adjacent to an activating group) is 1. The van der Waals surface area contributed by atoms with Crippen molar-refractivity contribution in [2.75, 3.05) is 18.9 Å². The second kappa shape index (κ2) is 15.8. The second-order valence-electron chi connectivity index (χ2n) is 16.6. The van der Waals surface area contributed by atoms with Crippen LogP contribution in [-0.2, 0) is 33.0 Å². The van der Waals surface area contributed by atoms with Crippen LogP contribution < -0.4 is 14.8 Å². The van der Waals surface area contributed by atoms with E-state index in [1.54, 1.807) is 86.1 Å². The normalized spacial score (nSPS) is 13.9. The number of rotatable bonds is 8. The molecule has 7 aromatic rings. The highest BCUT2D eigenvalue weighted by molar-refractivity contribution is 7.89. The molecular formula is C42H48N10O5S2. The molecule has 4 N–H and O–H groups in total. The smallest absolute Gasteiger partial charge is 0.331 e. The minimum atomic E-state index is -3.65. The van der Waals surface area contributed by atoms with Gasteiger partial charge in [0.2, 0.25) is 26.0 Å². The lowest BCUT2D eigenvalue weighted by molar-refractivity contribution is 0.313. The van der Waals surface area contributed by atoms with Crippen molar-refractivity contribution in [3.63, 3.8) is 0 Å². The van der Waals surface area contributed by atoms with Crippen LogP contribution in [0.15, 0.2) is 113 Å².